The average molecular weight is 443 g/mol. The smallest absolute Gasteiger partial charge is 0.379 e. The number of halogens is 3. The van der Waals surface area contributed by atoms with Crippen molar-refractivity contribution in [1.82, 2.24) is 15.1 Å². The van der Waals surface area contributed by atoms with E-state index in [4.69, 9.17) is 14.3 Å². The fraction of sp³-hybridized carbons (Fsp3) is 0.188. The topological polar surface area (TPSA) is 143 Å². The Balaban J connectivity index is 1.58. The fourth-order valence-electron chi connectivity index (χ4n) is 2.72. The number of aromatic nitrogens is 3. The molecule has 0 bridgehead atoms. The Kier molecular flexibility index (Phi) is 4.98. The quantitative estimate of drug-likeness (QED) is 0.443. The van der Waals surface area contributed by atoms with Gasteiger partial charge in [0.2, 0.25) is 5.82 Å². The zero-order valence-electron chi connectivity index (χ0n) is 14.8. The van der Waals surface area contributed by atoms with Gasteiger partial charge in [-0.1, -0.05) is 11.2 Å². The van der Waals surface area contributed by atoms with Crippen LogP contribution >= 0.6 is 7.82 Å². The summed E-state index contributed by atoms with van der Waals surface area (Å²) in [6.45, 7) is -0.331. The van der Waals surface area contributed by atoms with Crippen molar-refractivity contribution in [3.8, 4) is 11.4 Å². The minimum Gasteiger partial charge on any atom is -0.379 e. The van der Waals surface area contributed by atoms with Gasteiger partial charge in [0.25, 0.3) is 5.89 Å². The number of hydrogen-bond donors (Lipinski definition) is 4. The number of anilines is 3. The van der Waals surface area contributed by atoms with Crippen LogP contribution in [-0.4, -0.2) is 24.9 Å². The maximum atomic E-state index is 12.9. The fourth-order valence-corrected chi connectivity index (χ4v) is 3.00. The van der Waals surface area contributed by atoms with Gasteiger partial charge in [-0.15, -0.1) is 0 Å². The molecule has 158 valence electrons. The number of nitrogens with one attached hydrogen (secondary N) is 2. The number of nitrogens with zero attached hydrogens (tertiary/aromatic N) is 3. The first-order valence-corrected chi connectivity index (χ1v) is 9.87. The van der Waals surface area contributed by atoms with E-state index >= 15 is 0 Å². The van der Waals surface area contributed by atoms with Gasteiger partial charge < -0.3 is 24.9 Å². The van der Waals surface area contributed by atoms with Crippen molar-refractivity contribution < 1.29 is 36.6 Å². The third kappa shape index (κ3) is 4.44. The first-order chi connectivity index (χ1) is 14.1. The Labute approximate surface area is 166 Å². The predicted molar refractivity (Wildman–Crippen MR) is 96.4 cm³/mol. The molecule has 0 aliphatic carbocycles. The van der Waals surface area contributed by atoms with E-state index in [9.17, 15) is 17.7 Å². The number of hydrogen-bond acceptors (Lipinski definition) is 8. The van der Waals surface area contributed by atoms with Gasteiger partial charge in [0.15, 0.2) is 0 Å². The van der Waals surface area contributed by atoms with E-state index in [1.54, 1.807) is 18.2 Å². The Hall–Kier alpha value is -2.99. The highest BCUT2D eigenvalue weighted by atomic mass is 31.2. The second-order valence-corrected chi connectivity index (χ2v) is 7.46. The lowest BCUT2D eigenvalue weighted by Gasteiger charge is -2.11. The molecule has 0 unspecified atom stereocenters. The third-order valence-electron chi connectivity index (χ3n) is 4.09. The molecule has 0 saturated heterocycles. The molecule has 3 aromatic rings. The third-order valence-corrected chi connectivity index (χ3v) is 4.56. The van der Waals surface area contributed by atoms with Crippen LogP contribution in [-0.2, 0) is 28.4 Å². The van der Waals surface area contributed by atoms with Crippen molar-refractivity contribution in [3.63, 3.8) is 0 Å². The minimum absolute atomic E-state index is 0.0975. The van der Waals surface area contributed by atoms with Crippen LogP contribution in [0.4, 0.5) is 30.4 Å². The van der Waals surface area contributed by atoms with Gasteiger partial charge in [0.05, 0.1) is 11.4 Å². The molecule has 4 N–H and O–H groups in total. The number of phosphoric acid groups is 1. The summed E-state index contributed by atoms with van der Waals surface area (Å²) in [5.74, 6) is 0.106. The molecule has 1 aliphatic heterocycles. The molecular formula is C16H13F3N5O5P. The van der Waals surface area contributed by atoms with Gasteiger partial charge >= 0.3 is 14.0 Å². The molecule has 3 heterocycles. The second-order valence-electron chi connectivity index (χ2n) is 6.22. The van der Waals surface area contributed by atoms with Crippen LogP contribution in [0.3, 0.4) is 0 Å². The molecule has 30 heavy (non-hydrogen) atoms. The lowest BCUT2D eigenvalue weighted by Crippen LogP contribution is -2.10. The standard InChI is InChI=1S/C16H13F3N5O5P/c17-16(18,19)12-4-2-9-6-20-11-5-8(1-3-10(11)21-14(9)22-12)15-23-13(29-24-15)7-28-30(25,26)27/h1-5,20H,6-7H2,(H,21,22)(H2,25,26,27). The average Bonchev–Trinajstić information content (AvgIpc) is 3.06. The summed E-state index contributed by atoms with van der Waals surface area (Å²) in [7, 11) is -4.68. The highest BCUT2D eigenvalue weighted by Crippen LogP contribution is 2.38. The number of fused-ring (bicyclic) bond motifs is 2. The highest BCUT2D eigenvalue weighted by molar-refractivity contribution is 7.46. The second kappa shape index (κ2) is 7.36. The van der Waals surface area contributed by atoms with E-state index in [2.05, 4.69) is 30.3 Å². The van der Waals surface area contributed by atoms with E-state index < -0.39 is 26.3 Å². The Bertz CT molecular complexity index is 1150. The zero-order chi connectivity index (χ0) is 21.5. The van der Waals surface area contributed by atoms with Crippen LogP contribution in [0.25, 0.3) is 11.4 Å². The monoisotopic (exact) mass is 443 g/mol. The Morgan fingerprint density at radius 2 is 1.97 bits per heavy atom. The Morgan fingerprint density at radius 1 is 1.17 bits per heavy atom. The first kappa shape index (κ1) is 20.3. The Morgan fingerprint density at radius 3 is 2.70 bits per heavy atom. The van der Waals surface area contributed by atoms with Crippen molar-refractivity contribution >= 4 is 25.0 Å². The van der Waals surface area contributed by atoms with Gasteiger partial charge in [-0.25, -0.2) is 9.55 Å². The minimum atomic E-state index is -4.68. The van der Waals surface area contributed by atoms with Crippen molar-refractivity contribution in [3.05, 3.63) is 47.5 Å². The highest BCUT2D eigenvalue weighted by Gasteiger charge is 2.33. The van der Waals surface area contributed by atoms with Crippen molar-refractivity contribution in [2.45, 2.75) is 19.3 Å². The van der Waals surface area contributed by atoms with E-state index in [-0.39, 0.29) is 24.1 Å². The van der Waals surface area contributed by atoms with Crippen molar-refractivity contribution in [1.29, 1.82) is 0 Å². The molecule has 0 atom stereocenters. The van der Waals surface area contributed by atoms with E-state index in [0.29, 0.717) is 22.5 Å². The number of pyridine rings is 1. The van der Waals surface area contributed by atoms with Crippen LogP contribution in [0.1, 0.15) is 17.1 Å². The largest absolute Gasteiger partial charge is 0.470 e. The van der Waals surface area contributed by atoms with Gasteiger partial charge in [0.1, 0.15) is 18.1 Å². The van der Waals surface area contributed by atoms with Crippen LogP contribution < -0.4 is 10.6 Å². The summed E-state index contributed by atoms with van der Waals surface area (Å²) in [6, 6.07) is 7.13. The van der Waals surface area contributed by atoms with E-state index in [1.165, 1.54) is 6.07 Å². The van der Waals surface area contributed by atoms with Crippen molar-refractivity contribution in [2.24, 2.45) is 0 Å². The lowest BCUT2D eigenvalue weighted by molar-refractivity contribution is -0.141. The molecular weight excluding hydrogens is 430 g/mol. The summed E-state index contributed by atoms with van der Waals surface area (Å²) in [6.07, 6.45) is -4.55. The van der Waals surface area contributed by atoms with Gasteiger partial charge in [0, 0.05) is 17.7 Å². The molecule has 2 aromatic heterocycles. The molecule has 4 rings (SSSR count). The van der Waals surface area contributed by atoms with Crippen LogP contribution in [0.15, 0.2) is 34.9 Å². The van der Waals surface area contributed by atoms with Gasteiger partial charge in [-0.3, -0.25) is 4.52 Å². The summed E-state index contributed by atoms with van der Waals surface area (Å²) >= 11 is 0. The number of alkyl halides is 3. The maximum Gasteiger partial charge on any atom is 0.470 e. The normalized spacial score (nSPS) is 13.6. The molecule has 0 amide bonds. The lowest BCUT2D eigenvalue weighted by atomic mass is 10.1. The molecule has 1 aromatic carbocycles. The maximum absolute atomic E-state index is 12.9. The molecule has 0 radical (unpaired) electrons. The summed E-state index contributed by atoms with van der Waals surface area (Å²) in [5.41, 5.74) is 1.13. The molecule has 10 nitrogen and oxygen atoms in total. The summed E-state index contributed by atoms with van der Waals surface area (Å²) in [5, 5.41) is 9.73. The first-order valence-electron chi connectivity index (χ1n) is 8.33. The molecule has 0 fully saturated rings. The zero-order valence-corrected chi connectivity index (χ0v) is 15.7. The van der Waals surface area contributed by atoms with Crippen LogP contribution in [0.5, 0.6) is 0 Å². The van der Waals surface area contributed by atoms with E-state index in [1.807, 2.05) is 0 Å². The predicted octanol–water partition coefficient (Wildman–Crippen LogP) is 3.43. The summed E-state index contributed by atoms with van der Waals surface area (Å²) < 4.78 is 58.8. The number of rotatable bonds is 4. The van der Waals surface area contributed by atoms with Gasteiger partial charge in [-0.05, 0) is 24.3 Å². The molecule has 1 aliphatic rings. The summed E-state index contributed by atoms with van der Waals surface area (Å²) in [4.78, 5) is 25.1. The number of phosphoric ester groups is 1. The molecule has 0 saturated carbocycles. The van der Waals surface area contributed by atoms with Crippen LogP contribution in [0, 0.1) is 0 Å². The molecule has 0 spiro atoms. The van der Waals surface area contributed by atoms with E-state index in [0.717, 1.165) is 6.07 Å². The molecule has 14 heteroatoms. The SMILES string of the molecule is O=P(O)(O)OCc1nc(-c2ccc3c(c2)NCc2ccc(C(F)(F)F)nc2N3)no1. The van der Waals surface area contributed by atoms with Gasteiger partial charge in [-0.2, -0.15) is 18.2 Å². The number of benzene rings is 1. The van der Waals surface area contributed by atoms with Crippen molar-refractivity contribution in [2.75, 3.05) is 10.6 Å². The van der Waals surface area contributed by atoms with Crippen LogP contribution in [0.2, 0.25) is 0 Å².